The third-order valence-electron chi connectivity index (χ3n) is 4.07. The molecule has 0 aromatic heterocycles. The number of carbonyl (C=O) groups is 1. The summed E-state index contributed by atoms with van der Waals surface area (Å²) in [5.41, 5.74) is 0.500. The highest BCUT2D eigenvalue weighted by Crippen LogP contribution is 2.15. The summed E-state index contributed by atoms with van der Waals surface area (Å²) in [6.45, 7) is 8.31. The maximum Gasteiger partial charge on any atom is 0.252 e. The van der Waals surface area contributed by atoms with E-state index in [-0.39, 0.29) is 29.9 Å². The van der Waals surface area contributed by atoms with E-state index in [2.05, 4.69) is 34.4 Å². The monoisotopic (exact) mass is 478 g/mol. The third kappa shape index (κ3) is 7.01. The molecule has 7 heteroatoms. The first-order valence-corrected chi connectivity index (χ1v) is 9.05. The van der Waals surface area contributed by atoms with Crippen LogP contribution in [0.3, 0.4) is 0 Å². The van der Waals surface area contributed by atoms with Gasteiger partial charge < -0.3 is 15.5 Å². The third-order valence-corrected chi connectivity index (χ3v) is 4.40. The number of carbonyl (C=O) groups excluding carboxylic acids is 1. The lowest BCUT2D eigenvalue weighted by atomic mass is 10.0. The Morgan fingerprint density at radius 1 is 1.36 bits per heavy atom. The summed E-state index contributed by atoms with van der Waals surface area (Å²) in [4.78, 5) is 19.1. The molecular formula is C18H28ClIN4O. The minimum Gasteiger partial charge on any atom is -0.357 e. The van der Waals surface area contributed by atoms with Gasteiger partial charge in [0, 0.05) is 26.2 Å². The maximum atomic E-state index is 12.1. The summed E-state index contributed by atoms with van der Waals surface area (Å²) in [5, 5.41) is 6.68. The number of amides is 1. The van der Waals surface area contributed by atoms with Crippen molar-refractivity contribution >= 4 is 47.4 Å². The summed E-state index contributed by atoms with van der Waals surface area (Å²) >= 11 is 6.03. The molecule has 1 fully saturated rings. The highest BCUT2D eigenvalue weighted by Gasteiger charge is 2.19. The molecule has 0 spiro atoms. The highest BCUT2D eigenvalue weighted by molar-refractivity contribution is 14.0. The number of rotatable bonds is 5. The van der Waals surface area contributed by atoms with Crippen molar-refractivity contribution in [2.24, 2.45) is 10.9 Å². The number of benzene rings is 1. The molecule has 0 radical (unpaired) electrons. The fraction of sp³-hybridized carbons (Fsp3) is 0.556. The normalized spacial score (nSPS) is 17.6. The first kappa shape index (κ1) is 22.0. The molecule has 1 atom stereocenters. The van der Waals surface area contributed by atoms with E-state index >= 15 is 0 Å². The van der Waals surface area contributed by atoms with Gasteiger partial charge in [-0.1, -0.05) is 30.7 Å². The van der Waals surface area contributed by atoms with Crippen LogP contribution in [0.5, 0.6) is 0 Å². The van der Waals surface area contributed by atoms with E-state index in [9.17, 15) is 4.79 Å². The van der Waals surface area contributed by atoms with Gasteiger partial charge in [-0.25, -0.2) is 0 Å². The van der Waals surface area contributed by atoms with E-state index in [1.807, 2.05) is 6.07 Å². The van der Waals surface area contributed by atoms with Crippen LogP contribution in [-0.4, -0.2) is 49.5 Å². The molecule has 2 rings (SSSR count). The van der Waals surface area contributed by atoms with Crippen molar-refractivity contribution in [1.82, 2.24) is 15.5 Å². The fourth-order valence-electron chi connectivity index (χ4n) is 2.88. The Hall–Kier alpha value is -1.02. The van der Waals surface area contributed by atoms with E-state index in [0.717, 1.165) is 25.6 Å². The molecule has 1 aliphatic heterocycles. The van der Waals surface area contributed by atoms with Gasteiger partial charge in [0.05, 0.1) is 17.1 Å². The Bertz CT molecular complexity index is 582. The lowest BCUT2D eigenvalue weighted by Gasteiger charge is -2.33. The predicted octanol–water partition coefficient (Wildman–Crippen LogP) is 3.39. The van der Waals surface area contributed by atoms with Crippen LogP contribution >= 0.6 is 35.6 Å². The fourth-order valence-corrected chi connectivity index (χ4v) is 3.10. The molecule has 0 aliphatic carbocycles. The molecule has 1 aromatic carbocycles. The van der Waals surface area contributed by atoms with Gasteiger partial charge in [0.15, 0.2) is 5.96 Å². The maximum absolute atomic E-state index is 12.1. The van der Waals surface area contributed by atoms with Crippen molar-refractivity contribution < 1.29 is 4.79 Å². The Kier molecular flexibility index (Phi) is 10.2. The van der Waals surface area contributed by atoms with E-state index < -0.39 is 0 Å². The Morgan fingerprint density at radius 3 is 2.80 bits per heavy atom. The minimum atomic E-state index is -0.160. The van der Waals surface area contributed by atoms with E-state index in [4.69, 9.17) is 11.6 Å². The average molecular weight is 479 g/mol. The lowest BCUT2D eigenvalue weighted by molar-refractivity contribution is 0.0955. The van der Waals surface area contributed by atoms with E-state index in [0.29, 0.717) is 29.6 Å². The molecule has 0 saturated carbocycles. The molecule has 140 valence electrons. The molecule has 0 bridgehead atoms. The van der Waals surface area contributed by atoms with Crippen LogP contribution < -0.4 is 10.6 Å². The number of nitrogens with zero attached hydrogens (tertiary/aromatic N) is 2. The zero-order valence-corrected chi connectivity index (χ0v) is 18.0. The van der Waals surface area contributed by atoms with Crippen molar-refractivity contribution in [3.05, 3.63) is 34.9 Å². The largest absolute Gasteiger partial charge is 0.357 e. The molecule has 1 heterocycles. The van der Waals surface area contributed by atoms with Crippen molar-refractivity contribution in [2.45, 2.75) is 26.7 Å². The van der Waals surface area contributed by atoms with Crippen LogP contribution in [0, 0.1) is 5.92 Å². The van der Waals surface area contributed by atoms with Crippen molar-refractivity contribution in [2.75, 3.05) is 32.7 Å². The SMILES string of the molecule is CCNC(=NCCNC(=O)c1ccccc1Cl)N1CCCC(C)C1.I. The minimum absolute atomic E-state index is 0. The van der Waals surface area contributed by atoms with Gasteiger partial charge in [-0.3, -0.25) is 9.79 Å². The Morgan fingerprint density at radius 2 is 2.12 bits per heavy atom. The van der Waals surface area contributed by atoms with Crippen molar-refractivity contribution in [3.8, 4) is 0 Å². The Labute approximate surface area is 172 Å². The Balaban J connectivity index is 0.00000312. The van der Waals surface area contributed by atoms with Gasteiger partial charge in [-0.15, -0.1) is 24.0 Å². The number of halogens is 2. The smallest absolute Gasteiger partial charge is 0.252 e. The number of aliphatic imine (C=N–C) groups is 1. The van der Waals surface area contributed by atoms with Crippen LogP contribution in [-0.2, 0) is 0 Å². The molecule has 2 N–H and O–H groups in total. The number of hydrogen-bond acceptors (Lipinski definition) is 2. The summed E-state index contributed by atoms with van der Waals surface area (Å²) in [5.74, 6) is 1.48. The second kappa shape index (κ2) is 11.6. The quantitative estimate of drug-likeness (QED) is 0.295. The van der Waals surface area contributed by atoms with Crippen molar-refractivity contribution in [1.29, 1.82) is 0 Å². The molecule has 1 aliphatic rings. The molecule has 1 amide bonds. The molecular weight excluding hydrogens is 451 g/mol. The lowest BCUT2D eigenvalue weighted by Crippen LogP contribution is -2.46. The molecule has 5 nitrogen and oxygen atoms in total. The second-order valence-corrected chi connectivity index (χ2v) is 6.57. The summed E-state index contributed by atoms with van der Waals surface area (Å²) in [6, 6.07) is 7.06. The van der Waals surface area contributed by atoms with Crippen LogP contribution in [0.25, 0.3) is 0 Å². The topological polar surface area (TPSA) is 56.7 Å². The van der Waals surface area contributed by atoms with E-state index in [1.54, 1.807) is 18.2 Å². The molecule has 1 unspecified atom stereocenters. The number of guanidine groups is 1. The summed E-state index contributed by atoms with van der Waals surface area (Å²) in [7, 11) is 0. The number of likely N-dealkylation sites (tertiary alicyclic amines) is 1. The number of hydrogen-bond donors (Lipinski definition) is 2. The predicted molar refractivity (Wildman–Crippen MR) is 115 cm³/mol. The van der Waals surface area contributed by atoms with Crippen LogP contribution in [0.15, 0.2) is 29.3 Å². The van der Waals surface area contributed by atoms with Gasteiger partial charge in [-0.2, -0.15) is 0 Å². The van der Waals surface area contributed by atoms with Gasteiger partial charge in [0.25, 0.3) is 5.91 Å². The van der Waals surface area contributed by atoms with Crippen LogP contribution in [0.2, 0.25) is 5.02 Å². The number of nitrogens with one attached hydrogen (secondary N) is 2. The van der Waals surface area contributed by atoms with Gasteiger partial charge in [0.2, 0.25) is 0 Å². The van der Waals surface area contributed by atoms with Crippen LogP contribution in [0.4, 0.5) is 0 Å². The summed E-state index contributed by atoms with van der Waals surface area (Å²) < 4.78 is 0. The first-order valence-electron chi connectivity index (χ1n) is 8.67. The molecule has 1 saturated heterocycles. The molecule has 1 aromatic rings. The van der Waals surface area contributed by atoms with Crippen LogP contribution in [0.1, 0.15) is 37.0 Å². The van der Waals surface area contributed by atoms with Gasteiger partial charge in [0.1, 0.15) is 0 Å². The van der Waals surface area contributed by atoms with E-state index in [1.165, 1.54) is 12.8 Å². The summed E-state index contributed by atoms with van der Waals surface area (Å²) in [6.07, 6.45) is 2.48. The standard InChI is InChI=1S/C18H27ClN4O.HI/c1-3-20-18(23-12-6-7-14(2)13-23)22-11-10-21-17(24)15-8-4-5-9-16(15)19;/h4-5,8-9,14H,3,6-7,10-13H2,1-2H3,(H,20,22)(H,21,24);1H. The first-order chi connectivity index (χ1) is 11.6. The zero-order chi connectivity index (χ0) is 17.4. The zero-order valence-electron chi connectivity index (χ0n) is 14.9. The van der Waals surface area contributed by atoms with Crippen molar-refractivity contribution in [3.63, 3.8) is 0 Å². The highest BCUT2D eigenvalue weighted by atomic mass is 127. The number of piperidine rings is 1. The second-order valence-electron chi connectivity index (χ2n) is 6.16. The van der Waals surface area contributed by atoms with Gasteiger partial charge >= 0.3 is 0 Å². The van der Waals surface area contributed by atoms with Gasteiger partial charge in [-0.05, 0) is 37.8 Å². The average Bonchev–Trinajstić information content (AvgIpc) is 2.58. The molecule has 25 heavy (non-hydrogen) atoms.